The highest BCUT2D eigenvalue weighted by Gasteiger charge is 2.34. The molecule has 4 rings (SSSR count). The Bertz CT molecular complexity index is 1250. The molecule has 0 radical (unpaired) electrons. The van der Waals surface area contributed by atoms with E-state index in [9.17, 15) is 9.90 Å². The quantitative estimate of drug-likeness (QED) is 0.352. The van der Waals surface area contributed by atoms with Gasteiger partial charge in [-0.2, -0.15) is 5.10 Å². The lowest BCUT2D eigenvalue weighted by molar-refractivity contribution is -0.153. The smallest absolute Gasteiger partial charge is 0.347 e. The van der Waals surface area contributed by atoms with Crippen LogP contribution in [-0.4, -0.2) is 26.5 Å². The zero-order chi connectivity index (χ0) is 22.7. The van der Waals surface area contributed by atoms with Crippen molar-refractivity contribution in [3.8, 4) is 34.0 Å². The Morgan fingerprint density at radius 2 is 1.62 bits per heavy atom. The van der Waals surface area contributed by atoms with Gasteiger partial charge < -0.3 is 9.84 Å². The maximum Gasteiger partial charge on any atom is 0.347 e. The van der Waals surface area contributed by atoms with Crippen LogP contribution in [0.4, 0.5) is 0 Å². The third-order valence-corrected chi connectivity index (χ3v) is 5.81. The molecule has 0 aliphatic carbocycles. The lowest BCUT2D eigenvalue weighted by Crippen LogP contribution is -2.40. The van der Waals surface area contributed by atoms with E-state index in [1.54, 1.807) is 19.9 Å². The molecule has 0 bridgehead atoms. The molecule has 32 heavy (non-hydrogen) atoms. The molecule has 1 heterocycles. The largest absolute Gasteiger partial charge is 0.478 e. The van der Waals surface area contributed by atoms with Crippen molar-refractivity contribution in [3.63, 3.8) is 0 Å². The summed E-state index contributed by atoms with van der Waals surface area (Å²) < 4.78 is 7.84. The highest BCUT2D eigenvalue weighted by molar-refractivity contribution is 6.33. The van der Waals surface area contributed by atoms with Crippen molar-refractivity contribution in [1.82, 2.24) is 9.78 Å². The molecular formula is C26H23ClN2O3. The Kier molecular flexibility index (Phi) is 6.01. The first kappa shape index (κ1) is 21.7. The van der Waals surface area contributed by atoms with Gasteiger partial charge in [0, 0.05) is 16.1 Å². The fourth-order valence-electron chi connectivity index (χ4n) is 3.42. The summed E-state index contributed by atoms with van der Waals surface area (Å²) in [6, 6.07) is 26.7. The van der Waals surface area contributed by atoms with E-state index >= 15 is 0 Å². The summed E-state index contributed by atoms with van der Waals surface area (Å²) in [5.74, 6) is -0.552. The van der Waals surface area contributed by atoms with E-state index in [1.165, 1.54) is 0 Å². The van der Waals surface area contributed by atoms with Crippen LogP contribution in [-0.2, 0) is 4.79 Å². The predicted octanol–water partition coefficient (Wildman–Crippen LogP) is 6.49. The first-order valence-electron chi connectivity index (χ1n) is 10.3. The van der Waals surface area contributed by atoms with Crippen LogP contribution < -0.4 is 4.74 Å². The Morgan fingerprint density at radius 3 is 2.28 bits per heavy atom. The van der Waals surface area contributed by atoms with Crippen molar-refractivity contribution in [3.05, 3.63) is 90.0 Å². The molecule has 0 fully saturated rings. The summed E-state index contributed by atoms with van der Waals surface area (Å²) in [5.41, 5.74) is 2.57. The summed E-state index contributed by atoms with van der Waals surface area (Å²) in [7, 11) is 0. The van der Waals surface area contributed by atoms with Crippen molar-refractivity contribution in [2.75, 3.05) is 0 Å². The molecule has 1 N–H and O–H groups in total. The van der Waals surface area contributed by atoms with Gasteiger partial charge in [-0.3, -0.25) is 0 Å². The van der Waals surface area contributed by atoms with Gasteiger partial charge in [0.05, 0.1) is 17.1 Å². The number of carboxylic acid groups (broad SMARTS) is 1. The molecule has 5 nitrogen and oxygen atoms in total. The Hall–Kier alpha value is -3.57. The number of para-hydroxylation sites is 2. The van der Waals surface area contributed by atoms with Crippen LogP contribution >= 0.6 is 11.6 Å². The third kappa shape index (κ3) is 4.12. The van der Waals surface area contributed by atoms with Gasteiger partial charge in [-0.15, -0.1) is 0 Å². The monoisotopic (exact) mass is 446 g/mol. The number of rotatable bonds is 7. The Morgan fingerprint density at radius 1 is 1.00 bits per heavy atom. The van der Waals surface area contributed by atoms with Crippen LogP contribution in [0.25, 0.3) is 28.2 Å². The summed E-state index contributed by atoms with van der Waals surface area (Å²) in [6.45, 7) is 3.36. The fourth-order valence-corrected chi connectivity index (χ4v) is 3.65. The molecular weight excluding hydrogens is 424 g/mol. The first-order chi connectivity index (χ1) is 15.4. The Labute approximate surface area is 191 Å². The standard InChI is InChI=1S/C26H23ClN2O3/c1-3-26(2,25(30)31)32-24-16-10-8-14-20(24)22-17-23(19-13-7-9-15-21(19)27)29(28-22)18-11-5-4-6-12-18/h4-17H,3H2,1-2H3,(H,30,31)/t26-/m1/s1. The highest BCUT2D eigenvalue weighted by Crippen LogP contribution is 2.37. The second kappa shape index (κ2) is 8.89. The molecule has 0 saturated heterocycles. The number of benzene rings is 3. The number of ether oxygens (including phenoxy) is 1. The molecule has 0 aliphatic rings. The predicted molar refractivity (Wildman–Crippen MR) is 126 cm³/mol. The number of hydrogen-bond acceptors (Lipinski definition) is 3. The van der Waals surface area contributed by atoms with Gasteiger partial charge in [-0.05, 0) is 49.7 Å². The number of aliphatic carboxylic acids is 1. The molecule has 1 atom stereocenters. The number of carbonyl (C=O) groups is 1. The van der Waals surface area contributed by atoms with E-state index in [0.717, 1.165) is 16.9 Å². The van der Waals surface area contributed by atoms with Gasteiger partial charge in [0.25, 0.3) is 0 Å². The maximum atomic E-state index is 11.8. The average molecular weight is 447 g/mol. The van der Waals surface area contributed by atoms with Crippen LogP contribution in [0.5, 0.6) is 5.75 Å². The summed E-state index contributed by atoms with van der Waals surface area (Å²) in [5, 5.41) is 15.1. The van der Waals surface area contributed by atoms with E-state index in [2.05, 4.69) is 0 Å². The molecule has 162 valence electrons. The van der Waals surface area contributed by atoms with Gasteiger partial charge >= 0.3 is 5.97 Å². The molecule has 0 saturated carbocycles. The minimum Gasteiger partial charge on any atom is -0.478 e. The number of aromatic nitrogens is 2. The summed E-state index contributed by atoms with van der Waals surface area (Å²) >= 11 is 6.51. The second-order valence-electron chi connectivity index (χ2n) is 7.63. The van der Waals surface area contributed by atoms with E-state index in [4.69, 9.17) is 21.4 Å². The second-order valence-corrected chi connectivity index (χ2v) is 8.04. The molecule has 0 amide bonds. The molecule has 6 heteroatoms. The SMILES string of the molecule is CC[C@@](C)(Oc1ccccc1-c1cc(-c2ccccc2Cl)n(-c2ccccc2)n1)C(=O)O. The van der Waals surface area contributed by atoms with Crippen LogP contribution in [0.1, 0.15) is 20.3 Å². The van der Waals surface area contributed by atoms with Crippen molar-refractivity contribution < 1.29 is 14.6 Å². The van der Waals surface area contributed by atoms with Crippen LogP contribution in [0.2, 0.25) is 5.02 Å². The fraction of sp³-hybridized carbons (Fsp3) is 0.154. The van der Waals surface area contributed by atoms with E-state index < -0.39 is 11.6 Å². The zero-order valence-electron chi connectivity index (χ0n) is 17.8. The van der Waals surface area contributed by atoms with Gasteiger partial charge in [-0.25, -0.2) is 9.48 Å². The minimum absolute atomic E-state index is 0.319. The molecule has 4 aromatic rings. The number of carboxylic acids is 1. The molecule has 0 unspecified atom stereocenters. The minimum atomic E-state index is -1.34. The topological polar surface area (TPSA) is 64.4 Å². The first-order valence-corrected chi connectivity index (χ1v) is 10.7. The lowest BCUT2D eigenvalue weighted by Gasteiger charge is -2.26. The van der Waals surface area contributed by atoms with E-state index in [1.807, 2.05) is 83.5 Å². The van der Waals surface area contributed by atoms with Crippen molar-refractivity contribution in [2.45, 2.75) is 25.9 Å². The van der Waals surface area contributed by atoms with Crippen molar-refractivity contribution in [1.29, 1.82) is 0 Å². The van der Waals surface area contributed by atoms with Gasteiger partial charge in [-0.1, -0.05) is 67.1 Å². The molecule has 0 spiro atoms. The zero-order valence-corrected chi connectivity index (χ0v) is 18.6. The summed E-state index contributed by atoms with van der Waals surface area (Å²) in [4.78, 5) is 11.8. The molecule has 0 aliphatic heterocycles. The molecule has 3 aromatic carbocycles. The van der Waals surface area contributed by atoms with Gasteiger partial charge in [0.15, 0.2) is 0 Å². The maximum absolute atomic E-state index is 11.8. The van der Waals surface area contributed by atoms with Crippen LogP contribution in [0.15, 0.2) is 84.9 Å². The number of halogens is 1. The number of nitrogens with zero attached hydrogens (tertiary/aromatic N) is 2. The average Bonchev–Trinajstić information content (AvgIpc) is 3.25. The Balaban J connectivity index is 1.88. The summed E-state index contributed by atoms with van der Waals surface area (Å²) in [6.07, 6.45) is 0.319. The van der Waals surface area contributed by atoms with Crippen molar-refractivity contribution in [2.24, 2.45) is 0 Å². The number of hydrogen-bond donors (Lipinski definition) is 1. The van der Waals surface area contributed by atoms with Gasteiger partial charge in [0.2, 0.25) is 5.60 Å². The van der Waals surface area contributed by atoms with Crippen molar-refractivity contribution >= 4 is 17.6 Å². The van der Waals surface area contributed by atoms with Crippen LogP contribution in [0, 0.1) is 0 Å². The normalized spacial score (nSPS) is 12.8. The highest BCUT2D eigenvalue weighted by atomic mass is 35.5. The molecule has 1 aromatic heterocycles. The third-order valence-electron chi connectivity index (χ3n) is 5.49. The van der Waals surface area contributed by atoms with E-state index in [0.29, 0.717) is 28.5 Å². The van der Waals surface area contributed by atoms with E-state index in [-0.39, 0.29) is 0 Å². The van der Waals surface area contributed by atoms with Crippen LogP contribution in [0.3, 0.4) is 0 Å². The lowest BCUT2D eigenvalue weighted by atomic mass is 10.0. The van der Waals surface area contributed by atoms with Gasteiger partial charge in [0.1, 0.15) is 5.75 Å².